The first-order valence-corrected chi connectivity index (χ1v) is 23.7. The fourth-order valence-electron chi connectivity index (χ4n) is 8.04. The monoisotopic (exact) mass is 1000 g/mol. The van der Waals surface area contributed by atoms with Crippen molar-refractivity contribution in [3.05, 3.63) is 108 Å². The van der Waals surface area contributed by atoms with Crippen LogP contribution < -0.4 is 9.47 Å². The van der Waals surface area contributed by atoms with Gasteiger partial charge in [0.05, 0.1) is 47.8 Å². The van der Waals surface area contributed by atoms with Crippen LogP contribution in [0.4, 0.5) is 26.3 Å². The van der Waals surface area contributed by atoms with E-state index in [-0.39, 0.29) is 85.4 Å². The first-order valence-electron chi connectivity index (χ1n) is 23.7. The van der Waals surface area contributed by atoms with Crippen molar-refractivity contribution in [1.82, 2.24) is 0 Å². The van der Waals surface area contributed by atoms with Gasteiger partial charge in [-0.05, 0) is 114 Å². The molecule has 18 heteroatoms. The molecule has 0 unspecified atom stereocenters. The van der Waals surface area contributed by atoms with Crippen molar-refractivity contribution in [2.24, 2.45) is 23.7 Å². The van der Waals surface area contributed by atoms with Crippen molar-refractivity contribution in [3.63, 3.8) is 0 Å². The van der Waals surface area contributed by atoms with E-state index in [1.165, 1.54) is 36.4 Å². The summed E-state index contributed by atoms with van der Waals surface area (Å²) in [5.41, 5.74) is -1.68. The van der Waals surface area contributed by atoms with E-state index in [2.05, 4.69) is 0 Å². The van der Waals surface area contributed by atoms with Gasteiger partial charge in [0.15, 0.2) is 0 Å². The highest BCUT2D eigenvalue weighted by atomic mass is 19.4. The Kier molecular flexibility index (Phi) is 25.2. The van der Waals surface area contributed by atoms with Crippen LogP contribution in [0.2, 0.25) is 0 Å². The topological polar surface area (TPSA) is 192 Å². The SMILES string of the molecule is CC(C)OC(=O)CCC/C=C\C[C@@H]1[C@@H](/C=C/[C@@H](O)COc2cccc(C(F)(F)F)c2)[C@H](O)C[C@@H]1O.CC(C)OC(=O)CCC/C=C\C[C@@H]1[C@@H](/C=C/[C@@H](O)COc2cccc(C(F)(F)F)c2)[C@H](O)C[C@@H]1O. The number of hydrogen-bond acceptors (Lipinski definition) is 12. The third kappa shape index (κ3) is 22.1. The third-order valence-electron chi connectivity index (χ3n) is 11.5. The summed E-state index contributed by atoms with van der Waals surface area (Å²) in [7, 11) is 0. The molecule has 4 rings (SSSR count). The van der Waals surface area contributed by atoms with Crippen molar-refractivity contribution in [1.29, 1.82) is 0 Å². The fourth-order valence-corrected chi connectivity index (χ4v) is 8.04. The number of allylic oxidation sites excluding steroid dienone is 4. The zero-order valence-corrected chi connectivity index (χ0v) is 40.1. The average Bonchev–Trinajstić information content (AvgIpc) is 3.71. The van der Waals surface area contributed by atoms with Crippen LogP contribution in [0.5, 0.6) is 11.5 Å². The van der Waals surface area contributed by atoms with Crippen LogP contribution >= 0.6 is 0 Å². The van der Waals surface area contributed by atoms with E-state index in [0.717, 1.165) is 24.3 Å². The minimum absolute atomic E-state index is 0.0101. The fraction of sp³-hybridized carbons (Fsp3) is 0.577. The predicted octanol–water partition coefficient (Wildman–Crippen LogP) is 8.85. The van der Waals surface area contributed by atoms with Gasteiger partial charge in [0.1, 0.15) is 36.9 Å². The molecule has 10 atom stereocenters. The molecule has 0 spiro atoms. The van der Waals surface area contributed by atoms with Crippen molar-refractivity contribution >= 4 is 11.9 Å². The molecule has 2 aliphatic carbocycles. The summed E-state index contributed by atoms with van der Waals surface area (Å²) in [6, 6.07) is 8.80. The lowest BCUT2D eigenvalue weighted by molar-refractivity contribution is -0.148. The highest BCUT2D eigenvalue weighted by Gasteiger charge is 2.40. The molecule has 6 N–H and O–H groups in total. The van der Waals surface area contributed by atoms with Gasteiger partial charge in [0.2, 0.25) is 0 Å². The van der Waals surface area contributed by atoms with Gasteiger partial charge < -0.3 is 49.6 Å². The molecule has 2 aromatic rings. The molecule has 2 saturated carbocycles. The molecule has 70 heavy (non-hydrogen) atoms. The molecule has 0 amide bonds. The van der Waals surface area contributed by atoms with E-state index in [4.69, 9.17) is 18.9 Å². The normalized spacial score (nSPS) is 23.9. The summed E-state index contributed by atoms with van der Waals surface area (Å²) in [6.07, 6.45) is 4.18. The minimum atomic E-state index is -4.49. The standard InChI is InChI=1S/2C26H35F3O6/c2*1-17(2)35-25(33)11-6-4-3-5-10-21-22(24(32)15-23(21)31)13-12-19(30)16-34-20-9-7-8-18(14-20)26(27,28)29/h2*3,5,7-9,12-14,17,19,21-24,30-32H,4,6,10-11,15-16H2,1-2H3/b2*5-3-,13-12+/t2*19-,21-,22-,23+,24-/m11/s1. The van der Waals surface area contributed by atoms with E-state index >= 15 is 0 Å². The number of hydrogen-bond donors (Lipinski definition) is 6. The molecule has 2 aliphatic rings. The van der Waals surface area contributed by atoms with Gasteiger partial charge in [0, 0.05) is 37.5 Å². The molecule has 0 aromatic heterocycles. The molecule has 12 nitrogen and oxygen atoms in total. The minimum Gasteiger partial charge on any atom is -0.491 e. The number of aliphatic hydroxyl groups is 6. The third-order valence-corrected chi connectivity index (χ3v) is 11.5. The summed E-state index contributed by atoms with van der Waals surface area (Å²) < 4.78 is 97.5. The molecular weight excluding hydrogens is 931 g/mol. The number of alkyl halides is 6. The highest BCUT2D eigenvalue weighted by Crippen LogP contribution is 2.38. The predicted molar refractivity (Wildman–Crippen MR) is 249 cm³/mol. The van der Waals surface area contributed by atoms with Crippen LogP contribution in [0.3, 0.4) is 0 Å². The lowest BCUT2D eigenvalue weighted by atomic mass is 9.89. The van der Waals surface area contributed by atoms with E-state index in [0.29, 0.717) is 51.4 Å². The van der Waals surface area contributed by atoms with Crippen molar-refractivity contribution in [3.8, 4) is 11.5 Å². The smallest absolute Gasteiger partial charge is 0.416 e. The Balaban J connectivity index is 0.000000370. The summed E-state index contributed by atoms with van der Waals surface area (Å²) in [6.45, 7) is 6.68. The number of unbranched alkanes of at least 4 members (excludes halogenated alkanes) is 2. The largest absolute Gasteiger partial charge is 0.491 e. The molecule has 0 aliphatic heterocycles. The Morgan fingerprint density at radius 2 is 0.971 bits per heavy atom. The number of carbonyl (C=O) groups excluding carboxylic acids is 2. The van der Waals surface area contributed by atoms with Gasteiger partial charge in [-0.25, -0.2) is 0 Å². The first-order chi connectivity index (χ1) is 32.9. The van der Waals surface area contributed by atoms with Crippen LogP contribution in [0.1, 0.15) is 103 Å². The second-order valence-electron chi connectivity index (χ2n) is 18.1. The molecule has 0 bridgehead atoms. The number of benzene rings is 2. The molecule has 0 heterocycles. The number of halogens is 6. The summed E-state index contributed by atoms with van der Waals surface area (Å²) in [4.78, 5) is 23.1. The Bertz CT molecular complexity index is 1840. The molecule has 392 valence electrons. The Labute approximate surface area is 406 Å². The average molecular weight is 1000 g/mol. The summed E-state index contributed by atoms with van der Waals surface area (Å²) >= 11 is 0. The van der Waals surface area contributed by atoms with E-state index in [1.807, 2.05) is 24.3 Å². The second kappa shape index (κ2) is 29.6. The van der Waals surface area contributed by atoms with Gasteiger partial charge in [-0.15, -0.1) is 0 Å². The molecule has 2 fully saturated rings. The van der Waals surface area contributed by atoms with Gasteiger partial charge >= 0.3 is 24.3 Å². The number of aliphatic hydroxyl groups excluding tert-OH is 6. The number of carbonyl (C=O) groups is 2. The maximum Gasteiger partial charge on any atom is 0.416 e. The maximum atomic E-state index is 12.8. The summed E-state index contributed by atoms with van der Waals surface area (Å²) in [5.74, 6) is -1.77. The Morgan fingerprint density at radius 1 is 0.600 bits per heavy atom. The van der Waals surface area contributed by atoms with Gasteiger partial charge in [-0.1, -0.05) is 60.7 Å². The number of ether oxygens (including phenoxy) is 4. The van der Waals surface area contributed by atoms with Crippen molar-refractivity contribution in [2.75, 3.05) is 13.2 Å². The Morgan fingerprint density at radius 3 is 1.31 bits per heavy atom. The first kappa shape index (κ1) is 59.6. The Hall–Kier alpha value is -4.72. The molecule has 2 aromatic carbocycles. The van der Waals surface area contributed by atoms with Crippen LogP contribution in [0.15, 0.2) is 97.1 Å². The number of rotatable bonds is 24. The zero-order valence-electron chi connectivity index (χ0n) is 40.1. The lowest BCUT2D eigenvalue weighted by Crippen LogP contribution is -2.21. The van der Waals surface area contributed by atoms with E-state index < -0.39 is 60.1 Å². The lowest BCUT2D eigenvalue weighted by Gasteiger charge is -2.19. The summed E-state index contributed by atoms with van der Waals surface area (Å²) in [5, 5.41) is 61.7. The van der Waals surface area contributed by atoms with Crippen molar-refractivity contribution < 1.29 is 85.5 Å². The number of esters is 2. The molecule has 0 saturated heterocycles. The van der Waals surface area contributed by atoms with Gasteiger partial charge in [-0.2, -0.15) is 26.3 Å². The van der Waals surface area contributed by atoms with Crippen LogP contribution in [-0.2, 0) is 31.4 Å². The van der Waals surface area contributed by atoms with Crippen LogP contribution in [-0.4, -0.2) is 105 Å². The second-order valence-corrected chi connectivity index (χ2v) is 18.1. The molecular formula is C52H70F6O12. The van der Waals surface area contributed by atoms with Gasteiger partial charge in [0.25, 0.3) is 0 Å². The quantitative estimate of drug-likeness (QED) is 0.0254. The molecule has 0 radical (unpaired) electrons. The van der Waals surface area contributed by atoms with E-state index in [1.54, 1.807) is 39.8 Å². The van der Waals surface area contributed by atoms with Crippen LogP contribution in [0.25, 0.3) is 0 Å². The maximum absolute atomic E-state index is 12.8. The zero-order chi connectivity index (χ0) is 52.0. The van der Waals surface area contributed by atoms with E-state index in [9.17, 15) is 66.6 Å². The van der Waals surface area contributed by atoms with Crippen molar-refractivity contribution in [2.45, 2.75) is 153 Å². The van der Waals surface area contributed by atoms with Crippen LogP contribution in [0, 0.1) is 23.7 Å². The highest BCUT2D eigenvalue weighted by molar-refractivity contribution is 5.69. The van der Waals surface area contributed by atoms with Gasteiger partial charge in [-0.3, -0.25) is 9.59 Å².